The Balaban J connectivity index is 2.56. The minimum atomic E-state index is -1.07. The summed E-state index contributed by atoms with van der Waals surface area (Å²) in [5.74, 6) is -0.564. The molecule has 0 saturated carbocycles. The molecule has 6 heteroatoms. The molecule has 1 N–H and O–H groups in total. The van der Waals surface area contributed by atoms with Crippen LogP contribution in [0.25, 0.3) is 16.8 Å². The lowest BCUT2D eigenvalue weighted by molar-refractivity contribution is 0.0682. The summed E-state index contributed by atoms with van der Waals surface area (Å²) in [4.78, 5) is 11.1. The zero-order chi connectivity index (χ0) is 12.0. The molecule has 6 nitrogen and oxygen atoms in total. The van der Waals surface area contributed by atoms with E-state index < -0.39 is 5.97 Å². The first-order chi connectivity index (χ1) is 8.24. The number of rotatable bonds is 2. The molecule has 2 aromatic heterocycles. The van der Waals surface area contributed by atoms with Crippen molar-refractivity contribution in [3.63, 3.8) is 0 Å². The normalized spacial score (nSPS) is 11.4. The zero-order valence-corrected chi connectivity index (χ0v) is 9.16. The second-order valence-corrected chi connectivity index (χ2v) is 3.70. The van der Waals surface area contributed by atoms with Crippen LogP contribution < -0.4 is 0 Å². The number of hydrogen-bond donors (Lipinski definition) is 1. The SMILES string of the molecule is CCn1c2ccccc2n2c(C(=O)O)nnc12. The quantitative estimate of drug-likeness (QED) is 0.722. The number of nitrogens with zero attached hydrogens (tertiary/aromatic N) is 4. The smallest absolute Gasteiger partial charge is 0.374 e. The van der Waals surface area contributed by atoms with Gasteiger partial charge in [-0.3, -0.25) is 4.40 Å². The zero-order valence-electron chi connectivity index (χ0n) is 9.16. The van der Waals surface area contributed by atoms with Gasteiger partial charge in [0, 0.05) is 6.54 Å². The molecule has 0 aliphatic rings. The average molecular weight is 230 g/mol. The van der Waals surface area contributed by atoms with Crippen molar-refractivity contribution in [2.45, 2.75) is 13.5 Å². The van der Waals surface area contributed by atoms with Gasteiger partial charge in [0.1, 0.15) is 0 Å². The lowest BCUT2D eigenvalue weighted by Gasteiger charge is -1.97. The molecule has 0 bridgehead atoms. The summed E-state index contributed by atoms with van der Waals surface area (Å²) in [5, 5.41) is 16.7. The van der Waals surface area contributed by atoms with Gasteiger partial charge < -0.3 is 9.67 Å². The highest BCUT2D eigenvalue weighted by Gasteiger charge is 2.19. The molecule has 1 aromatic carbocycles. The van der Waals surface area contributed by atoms with E-state index in [0.29, 0.717) is 5.78 Å². The summed E-state index contributed by atoms with van der Waals surface area (Å²) in [6.45, 7) is 2.70. The van der Waals surface area contributed by atoms with E-state index in [-0.39, 0.29) is 5.82 Å². The molecule has 3 aromatic rings. The molecule has 0 unspecified atom stereocenters. The van der Waals surface area contributed by atoms with Gasteiger partial charge in [-0.2, -0.15) is 0 Å². The Labute approximate surface area is 96.1 Å². The first-order valence-corrected chi connectivity index (χ1v) is 5.29. The van der Waals surface area contributed by atoms with Gasteiger partial charge in [-0.05, 0) is 19.1 Å². The van der Waals surface area contributed by atoms with E-state index in [0.717, 1.165) is 17.6 Å². The average Bonchev–Trinajstić information content (AvgIpc) is 2.86. The number of aromatic carboxylic acids is 1. The van der Waals surface area contributed by atoms with Crippen molar-refractivity contribution in [3.05, 3.63) is 30.1 Å². The third-order valence-corrected chi connectivity index (χ3v) is 2.81. The monoisotopic (exact) mass is 230 g/mol. The van der Waals surface area contributed by atoms with Gasteiger partial charge in [0.05, 0.1) is 11.0 Å². The molecule has 0 amide bonds. The van der Waals surface area contributed by atoms with E-state index in [9.17, 15) is 4.79 Å². The number of imidazole rings is 1. The molecule has 3 rings (SSSR count). The fourth-order valence-corrected chi connectivity index (χ4v) is 2.11. The van der Waals surface area contributed by atoms with Crippen LogP contribution in [0, 0.1) is 0 Å². The molecule has 0 aliphatic carbocycles. The third kappa shape index (κ3) is 1.17. The summed E-state index contributed by atoms with van der Waals surface area (Å²) < 4.78 is 3.51. The number of aromatic nitrogens is 4. The molecule has 17 heavy (non-hydrogen) atoms. The summed E-state index contributed by atoms with van der Waals surface area (Å²) >= 11 is 0. The lowest BCUT2D eigenvalue weighted by atomic mass is 10.3. The first kappa shape index (κ1) is 9.83. The Kier molecular flexibility index (Phi) is 1.91. The van der Waals surface area contributed by atoms with Crippen LogP contribution >= 0.6 is 0 Å². The van der Waals surface area contributed by atoms with E-state index in [1.807, 2.05) is 35.8 Å². The minimum Gasteiger partial charge on any atom is -0.475 e. The highest BCUT2D eigenvalue weighted by molar-refractivity contribution is 5.89. The van der Waals surface area contributed by atoms with Crippen LogP contribution in [0.4, 0.5) is 0 Å². The lowest BCUT2D eigenvalue weighted by Crippen LogP contribution is -2.02. The second kappa shape index (κ2) is 3.31. The van der Waals surface area contributed by atoms with Crippen molar-refractivity contribution < 1.29 is 9.90 Å². The van der Waals surface area contributed by atoms with Crippen LogP contribution in [0.5, 0.6) is 0 Å². The highest BCUT2D eigenvalue weighted by Crippen LogP contribution is 2.20. The van der Waals surface area contributed by atoms with Gasteiger partial charge >= 0.3 is 5.97 Å². The molecular weight excluding hydrogens is 220 g/mol. The molecule has 0 radical (unpaired) electrons. The number of fused-ring (bicyclic) bond motifs is 3. The van der Waals surface area contributed by atoms with Gasteiger partial charge in [0.15, 0.2) is 0 Å². The maximum atomic E-state index is 11.1. The molecule has 0 aliphatic heterocycles. The van der Waals surface area contributed by atoms with E-state index >= 15 is 0 Å². The van der Waals surface area contributed by atoms with Crippen LogP contribution in [0.3, 0.4) is 0 Å². The summed E-state index contributed by atoms with van der Waals surface area (Å²) in [6, 6.07) is 7.60. The predicted octanol–water partition coefficient (Wildman–Crippen LogP) is 1.40. The van der Waals surface area contributed by atoms with Crippen molar-refractivity contribution in [1.29, 1.82) is 0 Å². The first-order valence-electron chi connectivity index (χ1n) is 5.29. The van der Waals surface area contributed by atoms with Gasteiger partial charge in [-0.15, -0.1) is 10.2 Å². The number of carboxylic acid groups (broad SMARTS) is 1. The number of hydrogen-bond acceptors (Lipinski definition) is 3. The Hall–Kier alpha value is -2.37. The van der Waals surface area contributed by atoms with Crippen LogP contribution in [0.2, 0.25) is 0 Å². The molecule has 0 fully saturated rings. The Bertz CT molecular complexity index is 726. The van der Waals surface area contributed by atoms with Crippen LogP contribution in [0.15, 0.2) is 24.3 Å². The minimum absolute atomic E-state index is 0.0524. The van der Waals surface area contributed by atoms with E-state index in [1.54, 1.807) is 4.40 Å². The summed E-state index contributed by atoms with van der Waals surface area (Å²) in [5.41, 5.74) is 1.77. The number of para-hydroxylation sites is 2. The second-order valence-electron chi connectivity index (χ2n) is 3.70. The third-order valence-electron chi connectivity index (χ3n) is 2.81. The van der Waals surface area contributed by atoms with E-state index in [2.05, 4.69) is 10.2 Å². The topological polar surface area (TPSA) is 72.4 Å². The Morgan fingerprint density at radius 3 is 2.65 bits per heavy atom. The van der Waals surface area contributed by atoms with Crippen LogP contribution in [-0.2, 0) is 6.54 Å². The molecule has 86 valence electrons. The van der Waals surface area contributed by atoms with Crippen LogP contribution in [-0.4, -0.2) is 30.2 Å². The fraction of sp³-hybridized carbons (Fsp3) is 0.182. The van der Waals surface area contributed by atoms with E-state index in [4.69, 9.17) is 5.11 Å². The maximum Gasteiger partial charge on any atom is 0.374 e. The van der Waals surface area contributed by atoms with Crippen LogP contribution in [0.1, 0.15) is 17.5 Å². The van der Waals surface area contributed by atoms with Gasteiger partial charge in [0.2, 0.25) is 11.6 Å². The van der Waals surface area contributed by atoms with Crippen molar-refractivity contribution in [2.75, 3.05) is 0 Å². The number of carbonyl (C=O) groups is 1. The molecule has 0 atom stereocenters. The van der Waals surface area contributed by atoms with Crippen molar-refractivity contribution in [2.24, 2.45) is 0 Å². The highest BCUT2D eigenvalue weighted by atomic mass is 16.4. The van der Waals surface area contributed by atoms with Crippen molar-refractivity contribution in [3.8, 4) is 0 Å². The van der Waals surface area contributed by atoms with Gasteiger partial charge in [-0.1, -0.05) is 12.1 Å². The van der Waals surface area contributed by atoms with Gasteiger partial charge in [-0.25, -0.2) is 4.79 Å². The van der Waals surface area contributed by atoms with Crippen molar-refractivity contribution >= 4 is 22.8 Å². The van der Waals surface area contributed by atoms with Gasteiger partial charge in [0.25, 0.3) is 0 Å². The Morgan fingerprint density at radius 2 is 2.00 bits per heavy atom. The molecule has 0 spiro atoms. The molecular formula is C11H10N4O2. The summed E-state index contributed by atoms with van der Waals surface area (Å²) in [7, 11) is 0. The fourth-order valence-electron chi connectivity index (χ4n) is 2.11. The predicted molar refractivity (Wildman–Crippen MR) is 61.1 cm³/mol. The van der Waals surface area contributed by atoms with Crippen molar-refractivity contribution in [1.82, 2.24) is 19.2 Å². The summed E-state index contributed by atoms with van der Waals surface area (Å²) in [6.07, 6.45) is 0. The largest absolute Gasteiger partial charge is 0.475 e. The Morgan fingerprint density at radius 1 is 1.29 bits per heavy atom. The number of aryl methyl sites for hydroxylation is 1. The molecule has 2 heterocycles. The number of carboxylic acids is 1. The molecule has 0 saturated heterocycles. The maximum absolute atomic E-state index is 11.1. The van der Waals surface area contributed by atoms with E-state index in [1.165, 1.54) is 0 Å². The standard InChI is InChI=1S/C11H10N4O2/c1-2-14-7-5-3-4-6-8(7)15-9(10(16)17)12-13-11(14)15/h3-6H,2H2,1H3,(H,16,17). The number of benzene rings is 1.